The summed E-state index contributed by atoms with van der Waals surface area (Å²) in [7, 11) is 1.16. The molecular formula is C15H28N2O6. The Bertz CT molecular complexity index is 419. The number of methoxy groups -OCH3 is 1. The lowest BCUT2D eigenvalue weighted by atomic mass is 9.98. The number of aliphatic hydroxyl groups excluding tert-OH is 1. The molecule has 0 rings (SSSR count). The SMILES string of the molecule is CC[C@H](C)[C@H](NC(=O)OC(C)(C)C)C(=O)N[C@@H](CO)C(=O)OC. The summed E-state index contributed by atoms with van der Waals surface area (Å²) < 4.78 is 9.63. The van der Waals surface area contributed by atoms with Crippen LogP contribution in [0.25, 0.3) is 0 Å². The van der Waals surface area contributed by atoms with Gasteiger partial charge in [0, 0.05) is 0 Å². The minimum absolute atomic E-state index is 0.195. The molecule has 0 fully saturated rings. The quantitative estimate of drug-likeness (QED) is 0.588. The Labute approximate surface area is 136 Å². The third-order valence-electron chi connectivity index (χ3n) is 3.15. The molecule has 0 saturated heterocycles. The van der Waals surface area contributed by atoms with Crippen molar-refractivity contribution in [3.8, 4) is 0 Å². The fourth-order valence-electron chi connectivity index (χ4n) is 1.72. The molecule has 0 unspecified atom stereocenters. The van der Waals surface area contributed by atoms with Gasteiger partial charge >= 0.3 is 12.1 Å². The van der Waals surface area contributed by atoms with Gasteiger partial charge in [-0.05, 0) is 26.7 Å². The lowest BCUT2D eigenvalue weighted by Gasteiger charge is -2.27. The number of amides is 2. The second kappa shape index (κ2) is 9.34. The minimum Gasteiger partial charge on any atom is -0.467 e. The van der Waals surface area contributed by atoms with E-state index in [1.165, 1.54) is 0 Å². The predicted octanol–water partition coefficient (Wildman–Crippen LogP) is 0.576. The zero-order chi connectivity index (χ0) is 18.2. The van der Waals surface area contributed by atoms with Crippen LogP contribution in [-0.4, -0.2) is 54.5 Å². The number of aliphatic hydroxyl groups is 1. The normalized spacial score (nSPS) is 15.1. The van der Waals surface area contributed by atoms with E-state index in [2.05, 4.69) is 15.4 Å². The van der Waals surface area contributed by atoms with Crippen LogP contribution in [0.2, 0.25) is 0 Å². The Morgan fingerprint density at radius 1 is 1.17 bits per heavy atom. The minimum atomic E-state index is -1.18. The van der Waals surface area contributed by atoms with Gasteiger partial charge in [-0.25, -0.2) is 9.59 Å². The van der Waals surface area contributed by atoms with Gasteiger partial charge in [-0.2, -0.15) is 0 Å². The average Bonchev–Trinajstić information content (AvgIpc) is 2.46. The molecule has 8 heteroatoms. The number of carbonyl (C=O) groups excluding carboxylic acids is 3. The maximum absolute atomic E-state index is 12.3. The van der Waals surface area contributed by atoms with E-state index in [1.54, 1.807) is 27.7 Å². The molecule has 0 aromatic rings. The van der Waals surface area contributed by atoms with Gasteiger partial charge in [-0.15, -0.1) is 0 Å². The Kier molecular flexibility index (Phi) is 8.60. The lowest BCUT2D eigenvalue weighted by molar-refractivity contribution is -0.146. The van der Waals surface area contributed by atoms with E-state index < -0.39 is 42.3 Å². The number of rotatable bonds is 7. The van der Waals surface area contributed by atoms with Crippen LogP contribution in [-0.2, 0) is 19.1 Å². The summed E-state index contributed by atoms with van der Waals surface area (Å²) in [6, 6.07) is -2.08. The predicted molar refractivity (Wildman–Crippen MR) is 83.6 cm³/mol. The molecule has 0 heterocycles. The van der Waals surface area contributed by atoms with Crippen molar-refractivity contribution in [1.29, 1.82) is 0 Å². The molecule has 3 atom stereocenters. The van der Waals surface area contributed by atoms with Crippen molar-refractivity contribution < 1.29 is 29.0 Å². The first-order valence-electron chi connectivity index (χ1n) is 7.54. The third-order valence-corrected chi connectivity index (χ3v) is 3.15. The molecule has 134 valence electrons. The van der Waals surface area contributed by atoms with Gasteiger partial charge in [-0.3, -0.25) is 4.79 Å². The third kappa shape index (κ3) is 7.83. The molecule has 0 aliphatic heterocycles. The summed E-state index contributed by atoms with van der Waals surface area (Å²) in [5.74, 6) is -1.55. The van der Waals surface area contributed by atoms with Crippen molar-refractivity contribution in [2.24, 2.45) is 5.92 Å². The highest BCUT2D eigenvalue weighted by Crippen LogP contribution is 2.11. The molecule has 0 aliphatic carbocycles. The molecule has 0 saturated carbocycles. The Morgan fingerprint density at radius 2 is 1.74 bits per heavy atom. The summed E-state index contributed by atoms with van der Waals surface area (Å²) in [6.45, 7) is 8.19. The number of esters is 1. The fourth-order valence-corrected chi connectivity index (χ4v) is 1.72. The molecule has 23 heavy (non-hydrogen) atoms. The van der Waals surface area contributed by atoms with Crippen LogP contribution in [0.1, 0.15) is 41.0 Å². The van der Waals surface area contributed by atoms with Crippen molar-refractivity contribution in [2.75, 3.05) is 13.7 Å². The molecule has 8 nitrogen and oxygen atoms in total. The summed E-state index contributed by atoms with van der Waals surface area (Å²) in [6.07, 6.45) is -0.104. The lowest BCUT2D eigenvalue weighted by Crippen LogP contribution is -2.55. The number of alkyl carbamates (subject to hydrolysis) is 1. The smallest absolute Gasteiger partial charge is 0.408 e. The number of hydrogen-bond donors (Lipinski definition) is 3. The maximum Gasteiger partial charge on any atom is 0.408 e. The molecule has 0 bridgehead atoms. The van der Waals surface area contributed by atoms with Crippen molar-refractivity contribution in [3.63, 3.8) is 0 Å². The zero-order valence-electron chi connectivity index (χ0n) is 14.6. The first-order chi connectivity index (χ1) is 10.6. The second-order valence-corrected chi connectivity index (χ2v) is 6.28. The van der Waals surface area contributed by atoms with Crippen molar-refractivity contribution in [3.05, 3.63) is 0 Å². The monoisotopic (exact) mass is 332 g/mol. The summed E-state index contributed by atoms with van der Waals surface area (Å²) in [4.78, 5) is 35.7. The van der Waals surface area contributed by atoms with Crippen molar-refractivity contribution >= 4 is 18.0 Å². The maximum atomic E-state index is 12.3. The highest BCUT2D eigenvalue weighted by Gasteiger charge is 2.31. The van der Waals surface area contributed by atoms with Crippen LogP contribution in [0, 0.1) is 5.92 Å². The van der Waals surface area contributed by atoms with Gasteiger partial charge < -0.3 is 25.2 Å². The van der Waals surface area contributed by atoms with Gasteiger partial charge in [0.25, 0.3) is 0 Å². The van der Waals surface area contributed by atoms with Crippen LogP contribution in [0.15, 0.2) is 0 Å². The summed E-state index contributed by atoms with van der Waals surface area (Å²) in [5.41, 5.74) is -0.694. The van der Waals surface area contributed by atoms with E-state index in [4.69, 9.17) is 9.84 Å². The molecule has 0 spiro atoms. The Morgan fingerprint density at radius 3 is 2.13 bits per heavy atom. The first kappa shape index (κ1) is 21.2. The topological polar surface area (TPSA) is 114 Å². The molecule has 0 aromatic heterocycles. The van der Waals surface area contributed by atoms with Gasteiger partial charge in [-0.1, -0.05) is 20.3 Å². The molecule has 0 radical (unpaired) electrons. The average molecular weight is 332 g/mol. The molecular weight excluding hydrogens is 304 g/mol. The second-order valence-electron chi connectivity index (χ2n) is 6.28. The molecule has 2 amide bonds. The number of hydrogen-bond acceptors (Lipinski definition) is 6. The van der Waals surface area contributed by atoms with Gasteiger partial charge in [0.05, 0.1) is 13.7 Å². The summed E-state index contributed by atoms with van der Waals surface area (Å²) >= 11 is 0. The molecule has 0 aromatic carbocycles. The summed E-state index contributed by atoms with van der Waals surface area (Å²) in [5, 5.41) is 14.0. The standard InChI is InChI=1S/C15H28N2O6/c1-7-9(2)11(17-14(21)23-15(3,4)5)12(19)16-10(8-18)13(20)22-6/h9-11,18H,7-8H2,1-6H3,(H,16,19)(H,17,21)/t9-,10-,11-/m0/s1. The largest absolute Gasteiger partial charge is 0.467 e. The van der Waals surface area contributed by atoms with Crippen molar-refractivity contribution in [2.45, 2.75) is 58.7 Å². The van der Waals surface area contributed by atoms with E-state index in [0.717, 1.165) is 7.11 Å². The Hall–Kier alpha value is -1.83. The van der Waals surface area contributed by atoms with Gasteiger partial charge in [0.2, 0.25) is 5.91 Å². The fraction of sp³-hybridized carbons (Fsp3) is 0.800. The van der Waals surface area contributed by atoms with Crippen LogP contribution < -0.4 is 10.6 Å². The van der Waals surface area contributed by atoms with E-state index >= 15 is 0 Å². The number of carbonyl (C=O) groups is 3. The number of nitrogens with one attached hydrogen (secondary N) is 2. The van der Waals surface area contributed by atoms with E-state index in [0.29, 0.717) is 6.42 Å². The highest BCUT2D eigenvalue weighted by molar-refractivity contribution is 5.89. The van der Waals surface area contributed by atoms with Gasteiger partial charge in [0.15, 0.2) is 6.04 Å². The van der Waals surface area contributed by atoms with Crippen LogP contribution in [0.4, 0.5) is 4.79 Å². The highest BCUT2D eigenvalue weighted by atomic mass is 16.6. The van der Waals surface area contributed by atoms with Crippen molar-refractivity contribution in [1.82, 2.24) is 10.6 Å². The van der Waals surface area contributed by atoms with E-state index in [9.17, 15) is 14.4 Å². The Balaban J connectivity index is 4.99. The van der Waals surface area contributed by atoms with E-state index in [-0.39, 0.29) is 5.92 Å². The zero-order valence-corrected chi connectivity index (χ0v) is 14.6. The van der Waals surface area contributed by atoms with Crippen LogP contribution in [0.3, 0.4) is 0 Å². The van der Waals surface area contributed by atoms with Crippen LogP contribution >= 0.6 is 0 Å². The first-order valence-corrected chi connectivity index (χ1v) is 7.54. The molecule has 0 aliphatic rings. The van der Waals surface area contributed by atoms with Gasteiger partial charge in [0.1, 0.15) is 11.6 Å². The molecule has 3 N–H and O–H groups in total. The van der Waals surface area contributed by atoms with Crippen LogP contribution in [0.5, 0.6) is 0 Å². The van der Waals surface area contributed by atoms with E-state index in [1.807, 2.05) is 6.92 Å². The number of ether oxygens (including phenoxy) is 2.